The smallest absolute Gasteiger partial charge is 0.0705 e. The van der Waals surface area contributed by atoms with Crippen LogP contribution in [0.4, 0.5) is 0 Å². The van der Waals surface area contributed by atoms with E-state index in [1.165, 1.54) is 10.9 Å². The van der Waals surface area contributed by atoms with E-state index in [0.717, 1.165) is 31.3 Å². The Kier molecular flexibility index (Phi) is 5.10. The number of rotatable bonds is 7. The van der Waals surface area contributed by atoms with Gasteiger partial charge in [0, 0.05) is 17.6 Å². The van der Waals surface area contributed by atoms with Crippen molar-refractivity contribution in [3.8, 4) is 0 Å². The molecule has 1 unspecified atom stereocenters. The molecule has 2 aromatic rings. The first-order valence-electron chi connectivity index (χ1n) is 7.04. The molecule has 100 valence electrons. The highest BCUT2D eigenvalue weighted by atomic mass is 14.9. The van der Waals surface area contributed by atoms with Gasteiger partial charge in [-0.05, 0) is 43.5 Å². The summed E-state index contributed by atoms with van der Waals surface area (Å²) in [6.07, 6.45) is 7.22. The first-order valence-corrected chi connectivity index (χ1v) is 7.04. The van der Waals surface area contributed by atoms with E-state index in [9.17, 15) is 0 Å². The van der Waals surface area contributed by atoms with Gasteiger partial charge < -0.3 is 5.32 Å². The van der Waals surface area contributed by atoms with Crippen LogP contribution in [0.15, 0.2) is 49.2 Å². The molecular formula is C17H22N2. The lowest BCUT2D eigenvalue weighted by Gasteiger charge is -2.19. The number of unbranched alkanes of at least 4 members (excludes halogenated alkanes) is 1. The average molecular weight is 254 g/mol. The van der Waals surface area contributed by atoms with Crippen LogP contribution in [0.25, 0.3) is 10.9 Å². The van der Waals surface area contributed by atoms with E-state index in [-0.39, 0.29) is 0 Å². The van der Waals surface area contributed by atoms with Crippen LogP contribution in [0.2, 0.25) is 0 Å². The maximum Gasteiger partial charge on any atom is 0.0705 e. The Hall–Kier alpha value is -1.67. The molecule has 0 amide bonds. The third-order valence-corrected chi connectivity index (χ3v) is 3.41. The Bertz CT molecular complexity index is 528. The Morgan fingerprint density at radius 3 is 3.00 bits per heavy atom. The first kappa shape index (κ1) is 13.8. The fourth-order valence-electron chi connectivity index (χ4n) is 2.51. The van der Waals surface area contributed by atoms with Crippen molar-refractivity contribution in [2.75, 3.05) is 6.54 Å². The van der Waals surface area contributed by atoms with Crippen LogP contribution in [0, 0.1) is 0 Å². The SMILES string of the molecule is C=CCCCC(NCC)c1cccc2ncccc12. The van der Waals surface area contributed by atoms with Crippen LogP contribution in [0.5, 0.6) is 0 Å². The summed E-state index contributed by atoms with van der Waals surface area (Å²) in [4.78, 5) is 4.44. The van der Waals surface area contributed by atoms with Crippen molar-refractivity contribution in [3.63, 3.8) is 0 Å². The minimum absolute atomic E-state index is 0.401. The molecule has 0 aliphatic carbocycles. The van der Waals surface area contributed by atoms with Gasteiger partial charge in [-0.3, -0.25) is 4.98 Å². The lowest BCUT2D eigenvalue weighted by Crippen LogP contribution is -2.21. The third-order valence-electron chi connectivity index (χ3n) is 3.41. The summed E-state index contributed by atoms with van der Waals surface area (Å²) < 4.78 is 0. The second kappa shape index (κ2) is 7.05. The van der Waals surface area contributed by atoms with E-state index in [4.69, 9.17) is 0 Å². The van der Waals surface area contributed by atoms with E-state index in [2.05, 4.69) is 48.1 Å². The van der Waals surface area contributed by atoms with E-state index >= 15 is 0 Å². The number of pyridine rings is 1. The van der Waals surface area contributed by atoms with Crippen LogP contribution in [-0.4, -0.2) is 11.5 Å². The summed E-state index contributed by atoms with van der Waals surface area (Å²) in [6.45, 7) is 6.93. The maximum atomic E-state index is 4.44. The molecule has 1 heterocycles. The molecule has 0 saturated carbocycles. The Labute approximate surface area is 115 Å². The van der Waals surface area contributed by atoms with Crippen LogP contribution in [-0.2, 0) is 0 Å². The molecule has 0 aliphatic heterocycles. The number of nitrogens with one attached hydrogen (secondary N) is 1. The monoisotopic (exact) mass is 254 g/mol. The highest BCUT2D eigenvalue weighted by molar-refractivity contribution is 5.82. The van der Waals surface area contributed by atoms with Crippen molar-refractivity contribution < 1.29 is 0 Å². The molecule has 19 heavy (non-hydrogen) atoms. The number of allylic oxidation sites excluding steroid dienone is 1. The Balaban J connectivity index is 2.29. The fourth-order valence-corrected chi connectivity index (χ4v) is 2.51. The van der Waals surface area contributed by atoms with Crippen molar-refractivity contribution in [2.24, 2.45) is 0 Å². The van der Waals surface area contributed by atoms with Gasteiger partial charge in [0.1, 0.15) is 0 Å². The summed E-state index contributed by atoms with van der Waals surface area (Å²) in [5.74, 6) is 0. The van der Waals surface area contributed by atoms with Crippen molar-refractivity contribution in [1.29, 1.82) is 0 Å². The zero-order chi connectivity index (χ0) is 13.5. The van der Waals surface area contributed by atoms with Crippen molar-refractivity contribution in [1.82, 2.24) is 10.3 Å². The molecule has 1 aromatic carbocycles. The second-order valence-electron chi connectivity index (χ2n) is 4.75. The van der Waals surface area contributed by atoms with E-state index in [1.807, 2.05) is 18.3 Å². The van der Waals surface area contributed by atoms with E-state index in [0.29, 0.717) is 6.04 Å². The number of hydrogen-bond acceptors (Lipinski definition) is 2. The van der Waals surface area contributed by atoms with Crippen LogP contribution < -0.4 is 5.32 Å². The highest BCUT2D eigenvalue weighted by Crippen LogP contribution is 2.26. The van der Waals surface area contributed by atoms with E-state index < -0.39 is 0 Å². The quantitative estimate of drug-likeness (QED) is 0.590. The molecule has 0 aliphatic rings. The van der Waals surface area contributed by atoms with Crippen LogP contribution in [0.1, 0.15) is 37.8 Å². The molecule has 2 rings (SSSR count). The molecule has 0 fully saturated rings. The lowest BCUT2D eigenvalue weighted by atomic mass is 9.97. The summed E-state index contributed by atoms with van der Waals surface area (Å²) in [7, 11) is 0. The van der Waals surface area contributed by atoms with Crippen molar-refractivity contribution in [3.05, 3.63) is 54.7 Å². The second-order valence-corrected chi connectivity index (χ2v) is 4.75. The molecular weight excluding hydrogens is 232 g/mol. The average Bonchev–Trinajstić information content (AvgIpc) is 2.46. The predicted molar refractivity (Wildman–Crippen MR) is 82.2 cm³/mol. The predicted octanol–water partition coefficient (Wildman–Crippen LogP) is 4.24. The molecule has 1 aromatic heterocycles. The van der Waals surface area contributed by atoms with Gasteiger partial charge in [-0.25, -0.2) is 0 Å². The molecule has 0 bridgehead atoms. The number of fused-ring (bicyclic) bond motifs is 1. The molecule has 2 heteroatoms. The minimum Gasteiger partial charge on any atom is -0.310 e. The summed E-state index contributed by atoms with van der Waals surface area (Å²) in [6, 6.07) is 11.0. The largest absolute Gasteiger partial charge is 0.310 e. The molecule has 0 saturated heterocycles. The number of aromatic nitrogens is 1. The minimum atomic E-state index is 0.401. The van der Waals surface area contributed by atoms with Gasteiger partial charge >= 0.3 is 0 Å². The zero-order valence-corrected chi connectivity index (χ0v) is 11.6. The van der Waals surface area contributed by atoms with Gasteiger partial charge in [0.2, 0.25) is 0 Å². The van der Waals surface area contributed by atoms with Gasteiger partial charge in [0.05, 0.1) is 5.52 Å². The molecule has 0 spiro atoms. The standard InChI is InChI=1S/C17H22N2/c1-3-5-6-11-16(18-4-2)14-9-7-12-17-15(14)10-8-13-19-17/h3,7-10,12-13,16,18H,1,4-6,11H2,2H3. The van der Waals surface area contributed by atoms with Crippen molar-refractivity contribution >= 4 is 10.9 Å². The number of nitrogens with zero attached hydrogens (tertiary/aromatic N) is 1. The van der Waals surface area contributed by atoms with Gasteiger partial charge in [0.25, 0.3) is 0 Å². The van der Waals surface area contributed by atoms with Gasteiger partial charge in [0.15, 0.2) is 0 Å². The molecule has 1 atom stereocenters. The molecule has 0 radical (unpaired) electrons. The maximum absolute atomic E-state index is 4.44. The zero-order valence-electron chi connectivity index (χ0n) is 11.6. The highest BCUT2D eigenvalue weighted by Gasteiger charge is 2.12. The van der Waals surface area contributed by atoms with Gasteiger partial charge in [-0.15, -0.1) is 6.58 Å². The number of benzene rings is 1. The molecule has 2 nitrogen and oxygen atoms in total. The topological polar surface area (TPSA) is 24.9 Å². The van der Waals surface area contributed by atoms with Crippen molar-refractivity contribution in [2.45, 2.75) is 32.2 Å². The van der Waals surface area contributed by atoms with Gasteiger partial charge in [-0.2, -0.15) is 0 Å². The van der Waals surface area contributed by atoms with Gasteiger partial charge in [-0.1, -0.05) is 31.2 Å². The van der Waals surface area contributed by atoms with E-state index in [1.54, 1.807) is 0 Å². The lowest BCUT2D eigenvalue weighted by molar-refractivity contribution is 0.503. The Morgan fingerprint density at radius 2 is 2.21 bits per heavy atom. The first-order chi connectivity index (χ1) is 9.36. The number of hydrogen-bond donors (Lipinski definition) is 1. The summed E-state index contributed by atoms with van der Waals surface area (Å²) in [5.41, 5.74) is 2.43. The van der Waals surface area contributed by atoms with Crippen LogP contribution >= 0.6 is 0 Å². The normalized spacial score (nSPS) is 12.5. The summed E-state index contributed by atoms with van der Waals surface area (Å²) >= 11 is 0. The Morgan fingerprint density at radius 1 is 1.32 bits per heavy atom. The fraction of sp³-hybridized carbons (Fsp3) is 0.353. The van der Waals surface area contributed by atoms with Crippen LogP contribution in [0.3, 0.4) is 0 Å². The third kappa shape index (κ3) is 3.42. The summed E-state index contributed by atoms with van der Waals surface area (Å²) in [5, 5.41) is 4.85. The molecule has 1 N–H and O–H groups in total.